The lowest BCUT2D eigenvalue weighted by Crippen LogP contribution is -2.30. The number of nitrogens with one attached hydrogen (secondary N) is 3. The van der Waals surface area contributed by atoms with E-state index in [1.54, 1.807) is 61.5 Å². The third-order valence-corrected chi connectivity index (χ3v) is 7.69. The fourth-order valence-electron chi connectivity index (χ4n) is 4.10. The molecule has 0 spiro atoms. The van der Waals surface area contributed by atoms with Crippen molar-refractivity contribution in [1.82, 2.24) is 5.32 Å². The second-order valence-corrected chi connectivity index (χ2v) is 11.1. The highest BCUT2D eigenvalue weighted by atomic mass is 32.2. The van der Waals surface area contributed by atoms with Crippen molar-refractivity contribution in [3.05, 3.63) is 135 Å². The Labute approximate surface area is 253 Å². The van der Waals surface area contributed by atoms with Gasteiger partial charge in [-0.3, -0.25) is 24.5 Å². The van der Waals surface area contributed by atoms with Gasteiger partial charge in [-0.05, 0) is 80.4 Å². The summed E-state index contributed by atoms with van der Waals surface area (Å²) in [4.78, 5) is 51.0. The Morgan fingerprint density at radius 1 is 0.860 bits per heavy atom. The van der Waals surface area contributed by atoms with Gasteiger partial charge < -0.3 is 16.0 Å². The summed E-state index contributed by atoms with van der Waals surface area (Å²) >= 11 is 1.32. The summed E-state index contributed by atoms with van der Waals surface area (Å²) in [6.45, 7) is 5.73. The maximum absolute atomic E-state index is 13.4. The summed E-state index contributed by atoms with van der Waals surface area (Å²) in [5, 5.41) is 19.5. The Balaban J connectivity index is 1.53. The number of carbonyl (C=O) groups is 3. The van der Waals surface area contributed by atoms with Crippen molar-refractivity contribution in [1.29, 1.82) is 0 Å². The van der Waals surface area contributed by atoms with E-state index in [1.165, 1.54) is 36.0 Å². The van der Waals surface area contributed by atoms with Gasteiger partial charge in [-0.2, -0.15) is 0 Å². The standard InChI is InChI=1S/C33H30N4O5S/c1-21-11-9-17-28(22(21)2)35-31(38)23(3)43-27-16-10-15-26(20-27)34-33(40)29(36-32(39)24-12-5-4-6-13-24)19-25-14-7-8-18-30(25)37(41)42/h4-20,23H,1-3H3,(H,34,40)(H,35,38)(H,36,39)/b29-19+. The Kier molecular flexibility index (Phi) is 10.1. The first-order chi connectivity index (χ1) is 20.6. The van der Waals surface area contributed by atoms with Crippen molar-refractivity contribution in [3.63, 3.8) is 0 Å². The van der Waals surface area contributed by atoms with Crippen LogP contribution in [0.15, 0.2) is 108 Å². The lowest BCUT2D eigenvalue weighted by molar-refractivity contribution is -0.385. The van der Waals surface area contributed by atoms with Gasteiger partial charge >= 0.3 is 0 Å². The summed E-state index contributed by atoms with van der Waals surface area (Å²) in [7, 11) is 0. The van der Waals surface area contributed by atoms with Crippen LogP contribution in [0.25, 0.3) is 6.08 Å². The zero-order valence-corrected chi connectivity index (χ0v) is 24.6. The van der Waals surface area contributed by atoms with E-state index in [9.17, 15) is 24.5 Å². The number of anilines is 2. The number of amides is 3. The monoisotopic (exact) mass is 594 g/mol. The molecule has 3 N–H and O–H groups in total. The van der Waals surface area contributed by atoms with E-state index < -0.39 is 22.0 Å². The second-order valence-electron chi connectivity index (χ2n) is 9.67. The van der Waals surface area contributed by atoms with Crippen LogP contribution in [0.4, 0.5) is 17.1 Å². The number of hydrogen-bond donors (Lipinski definition) is 3. The molecule has 218 valence electrons. The Bertz CT molecular complexity index is 1700. The quantitative estimate of drug-likeness (QED) is 0.0807. The number of benzene rings is 4. The van der Waals surface area contributed by atoms with Crippen molar-refractivity contribution in [2.45, 2.75) is 30.9 Å². The van der Waals surface area contributed by atoms with Crippen LogP contribution in [0.2, 0.25) is 0 Å². The number of nitrogens with zero attached hydrogens (tertiary/aromatic N) is 1. The number of nitro groups is 1. The first kappa shape index (κ1) is 30.7. The molecule has 1 unspecified atom stereocenters. The summed E-state index contributed by atoms with van der Waals surface area (Å²) in [6, 6.07) is 26.9. The van der Waals surface area contributed by atoms with Gasteiger partial charge in [0.2, 0.25) is 5.91 Å². The normalized spacial score (nSPS) is 11.7. The number of hydrogen-bond acceptors (Lipinski definition) is 6. The first-order valence-electron chi connectivity index (χ1n) is 13.4. The minimum Gasteiger partial charge on any atom is -0.325 e. The molecule has 0 aromatic heterocycles. The van der Waals surface area contributed by atoms with E-state index in [0.717, 1.165) is 21.7 Å². The molecule has 3 amide bonds. The minimum absolute atomic E-state index is 0.152. The van der Waals surface area contributed by atoms with Crippen molar-refractivity contribution in [2.24, 2.45) is 0 Å². The SMILES string of the molecule is Cc1cccc(NC(=O)C(C)Sc2cccc(NC(=O)/C(=C\c3ccccc3[N+](=O)[O-])NC(=O)c3ccccc3)c2)c1C. The van der Waals surface area contributed by atoms with Gasteiger partial charge in [-0.1, -0.05) is 48.5 Å². The third-order valence-electron chi connectivity index (χ3n) is 6.60. The molecule has 0 aliphatic rings. The maximum atomic E-state index is 13.4. The highest BCUT2D eigenvalue weighted by Gasteiger charge is 2.20. The predicted octanol–water partition coefficient (Wildman–Crippen LogP) is 6.74. The maximum Gasteiger partial charge on any atom is 0.276 e. The molecule has 0 saturated heterocycles. The molecule has 4 aromatic carbocycles. The molecule has 0 aliphatic carbocycles. The molecule has 0 bridgehead atoms. The molecule has 4 aromatic rings. The average Bonchev–Trinajstić information content (AvgIpc) is 2.99. The number of nitro benzene ring substituents is 1. The lowest BCUT2D eigenvalue weighted by atomic mass is 10.1. The van der Waals surface area contributed by atoms with Gasteiger partial charge in [-0.25, -0.2) is 0 Å². The van der Waals surface area contributed by atoms with Gasteiger partial charge in [0.1, 0.15) is 5.70 Å². The molecule has 0 heterocycles. The molecule has 0 radical (unpaired) electrons. The van der Waals surface area contributed by atoms with E-state index in [1.807, 2.05) is 38.1 Å². The summed E-state index contributed by atoms with van der Waals surface area (Å²) < 4.78 is 0. The highest BCUT2D eigenvalue weighted by Crippen LogP contribution is 2.28. The van der Waals surface area contributed by atoms with Crippen molar-refractivity contribution in [2.75, 3.05) is 10.6 Å². The van der Waals surface area contributed by atoms with Crippen LogP contribution >= 0.6 is 11.8 Å². The molecule has 10 heteroatoms. The summed E-state index contributed by atoms with van der Waals surface area (Å²) in [6.07, 6.45) is 1.27. The Morgan fingerprint density at radius 3 is 2.30 bits per heavy atom. The van der Waals surface area contributed by atoms with Crippen LogP contribution in [-0.2, 0) is 9.59 Å². The van der Waals surface area contributed by atoms with E-state index >= 15 is 0 Å². The Morgan fingerprint density at radius 2 is 1.56 bits per heavy atom. The molecule has 0 saturated carbocycles. The van der Waals surface area contributed by atoms with Crippen molar-refractivity contribution in [3.8, 4) is 0 Å². The Hall–Kier alpha value is -5.22. The average molecular weight is 595 g/mol. The zero-order valence-electron chi connectivity index (χ0n) is 23.8. The molecule has 4 rings (SSSR count). The topological polar surface area (TPSA) is 130 Å². The highest BCUT2D eigenvalue weighted by molar-refractivity contribution is 8.00. The van der Waals surface area contributed by atoms with Crippen LogP contribution < -0.4 is 16.0 Å². The number of thioether (sulfide) groups is 1. The van der Waals surface area contributed by atoms with E-state index in [0.29, 0.717) is 11.3 Å². The third kappa shape index (κ3) is 8.17. The van der Waals surface area contributed by atoms with Crippen LogP contribution in [0.5, 0.6) is 0 Å². The summed E-state index contributed by atoms with van der Waals surface area (Å²) in [5.41, 5.74) is 3.33. The molecule has 0 fully saturated rings. The fraction of sp³-hybridized carbons (Fsp3) is 0.121. The fourth-order valence-corrected chi connectivity index (χ4v) is 5.02. The van der Waals surface area contributed by atoms with Crippen LogP contribution in [-0.4, -0.2) is 27.9 Å². The summed E-state index contributed by atoms with van der Waals surface area (Å²) in [5.74, 6) is -1.38. The lowest BCUT2D eigenvalue weighted by Gasteiger charge is -2.15. The first-order valence-corrected chi connectivity index (χ1v) is 14.3. The smallest absolute Gasteiger partial charge is 0.276 e. The van der Waals surface area contributed by atoms with E-state index in [-0.39, 0.29) is 22.9 Å². The molecule has 1 atom stereocenters. The van der Waals surface area contributed by atoms with Crippen molar-refractivity contribution < 1.29 is 19.3 Å². The van der Waals surface area contributed by atoms with Gasteiger partial charge in [0.15, 0.2) is 0 Å². The number of aryl methyl sites for hydroxylation is 1. The van der Waals surface area contributed by atoms with Crippen LogP contribution in [0.3, 0.4) is 0 Å². The van der Waals surface area contributed by atoms with Crippen LogP contribution in [0, 0.1) is 24.0 Å². The molecular weight excluding hydrogens is 564 g/mol. The number of carbonyl (C=O) groups excluding carboxylic acids is 3. The largest absolute Gasteiger partial charge is 0.325 e. The molecule has 0 aliphatic heterocycles. The predicted molar refractivity (Wildman–Crippen MR) is 170 cm³/mol. The second kappa shape index (κ2) is 14.1. The zero-order chi connectivity index (χ0) is 30.9. The van der Waals surface area contributed by atoms with Gasteiger partial charge in [0.25, 0.3) is 17.5 Å². The molecule has 43 heavy (non-hydrogen) atoms. The van der Waals surface area contributed by atoms with Crippen LogP contribution in [0.1, 0.15) is 34.0 Å². The molecule has 9 nitrogen and oxygen atoms in total. The van der Waals surface area contributed by atoms with E-state index in [2.05, 4.69) is 16.0 Å². The number of para-hydroxylation sites is 1. The van der Waals surface area contributed by atoms with Gasteiger partial charge in [0, 0.05) is 27.9 Å². The number of rotatable bonds is 10. The molecular formula is C33H30N4O5S. The van der Waals surface area contributed by atoms with E-state index in [4.69, 9.17) is 0 Å². The van der Waals surface area contributed by atoms with Crippen molar-refractivity contribution >= 4 is 52.6 Å². The van der Waals surface area contributed by atoms with Gasteiger partial charge in [-0.15, -0.1) is 11.8 Å². The van der Waals surface area contributed by atoms with Gasteiger partial charge in [0.05, 0.1) is 15.7 Å². The minimum atomic E-state index is -0.676.